The smallest absolute Gasteiger partial charge is 0.109 e. The summed E-state index contributed by atoms with van der Waals surface area (Å²) in [5.41, 5.74) is 1.39. The van der Waals surface area contributed by atoms with E-state index in [-0.39, 0.29) is 5.60 Å². The number of ether oxygens (including phenoxy) is 1. The molecule has 0 saturated carbocycles. The van der Waals surface area contributed by atoms with E-state index in [1.54, 1.807) is 0 Å². The van der Waals surface area contributed by atoms with Crippen LogP contribution in [0.2, 0.25) is 0 Å². The molecule has 1 heteroatoms. The molecule has 0 amide bonds. The zero-order valence-corrected chi connectivity index (χ0v) is 11.7. The highest BCUT2D eigenvalue weighted by Crippen LogP contribution is 2.43. The van der Waals surface area contributed by atoms with E-state index in [2.05, 4.69) is 57.2 Å². The van der Waals surface area contributed by atoms with Crippen molar-refractivity contribution in [1.82, 2.24) is 0 Å². The highest BCUT2D eigenvalue weighted by Gasteiger charge is 2.40. The Kier molecular flexibility index (Phi) is 4.11. The Morgan fingerprint density at radius 3 is 2.50 bits per heavy atom. The van der Waals surface area contributed by atoms with Crippen LogP contribution >= 0.6 is 0 Å². The predicted molar refractivity (Wildman–Crippen MR) is 76.5 cm³/mol. The summed E-state index contributed by atoms with van der Waals surface area (Å²) in [6.45, 7) is 6.78. The van der Waals surface area contributed by atoms with Crippen molar-refractivity contribution in [2.75, 3.05) is 0 Å². The van der Waals surface area contributed by atoms with Gasteiger partial charge in [0, 0.05) is 11.8 Å². The number of benzene rings is 1. The molecule has 0 saturated heterocycles. The van der Waals surface area contributed by atoms with Crippen molar-refractivity contribution in [3.8, 4) is 0 Å². The summed E-state index contributed by atoms with van der Waals surface area (Å²) < 4.78 is 5.98. The van der Waals surface area contributed by atoms with Gasteiger partial charge in [-0.15, -0.1) is 0 Å². The fraction of sp³-hybridized carbons (Fsp3) is 0.529. The summed E-state index contributed by atoms with van der Waals surface area (Å²) in [4.78, 5) is 0. The molecule has 98 valence electrons. The third-order valence-electron chi connectivity index (χ3n) is 4.21. The highest BCUT2D eigenvalue weighted by molar-refractivity contribution is 5.27. The van der Waals surface area contributed by atoms with Crippen molar-refractivity contribution in [3.63, 3.8) is 0 Å². The Hall–Kier alpha value is -1.24. The monoisotopic (exact) mass is 244 g/mol. The van der Waals surface area contributed by atoms with E-state index in [4.69, 9.17) is 4.74 Å². The molecule has 1 nitrogen and oxygen atoms in total. The first-order valence-electron chi connectivity index (χ1n) is 7.10. The zero-order chi connectivity index (χ0) is 13.0. The van der Waals surface area contributed by atoms with Crippen LogP contribution in [0, 0.1) is 5.92 Å². The summed E-state index contributed by atoms with van der Waals surface area (Å²) in [6.07, 6.45) is 7.59. The number of hydrogen-bond donors (Lipinski definition) is 0. The number of rotatable bonds is 4. The lowest BCUT2D eigenvalue weighted by Gasteiger charge is -2.43. The molecule has 1 heterocycles. The zero-order valence-electron chi connectivity index (χ0n) is 11.7. The van der Waals surface area contributed by atoms with E-state index >= 15 is 0 Å². The van der Waals surface area contributed by atoms with Crippen LogP contribution in [0.4, 0.5) is 0 Å². The van der Waals surface area contributed by atoms with Gasteiger partial charge in [-0.3, -0.25) is 0 Å². The molecule has 0 bridgehead atoms. The predicted octanol–water partition coefficient (Wildman–Crippen LogP) is 4.90. The molecule has 0 spiro atoms. The first kappa shape index (κ1) is 13.2. The van der Waals surface area contributed by atoms with Crippen molar-refractivity contribution in [1.29, 1.82) is 0 Å². The van der Waals surface area contributed by atoms with Crippen molar-refractivity contribution in [2.45, 2.75) is 51.6 Å². The van der Waals surface area contributed by atoms with Crippen LogP contribution in [-0.4, -0.2) is 5.60 Å². The summed E-state index contributed by atoms with van der Waals surface area (Å²) in [5.74, 6) is 1.05. The van der Waals surface area contributed by atoms with Crippen molar-refractivity contribution in [3.05, 3.63) is 48.2 Å². The lowest BCUT2D eigenvalue weighted by molar-refractivity contribution is -0.0433. The Morgan fingerprint density at radius 2 is 1.89 bits per heavy atom. The Balaban J connectivity index is 2.31. The summed E-state index contributed by atoms with van der Waals surface area (Å²) in [6, 6.07) is 10.8. The maximum absolute atomic E-state index is 5.98. The quantitative estimate of drug-likeness (QED) is 0.732. The number of hydrogen-bond acceptors (Lipinski definition) is 1. The molecule has 1 aromatic carbocycles. The van der Waals surface area contributed by atoms with Gasteiger partial charge >= 0.3 is 0 Å². The normalized spacial score (nSPS) is 31.1. The van der Waals surface area contributed by atoms with E-state index < -0.39 is 0 Å². The van der Waals surface area contributed by atoms with Crippen molar-refractivity contribution >= 4 is 0 Å². The Labute approximate surface area is 111 Å². The molecule has 1 aromatic rings. The molecular weight excluding hydrogens is 220 g/mol. The van der Waals surface area contributed by atoms with Gasteiger partial charge in [0.15, 0.2) is 0 Å². The topological polar surface area (TPSA) is 9.23 Å². The van der Waals surface area contributed by atoms with Gasteiger partial charge < -0.3 is 4.74 Å². The van der Waals surface area contributed by atoms with Gasteiger partial charge in [0.05, 0.1) is 6.26 Å². The van der Waals surface area contributed by atoms with Crippen LogP contribution in [0.5, 0.6) is 0 Å². The molecule has 1 aliphatic heterocycles. The lowest BCUT2D eigenvalue weighted by Crippen LogP contribution is -2.41. The van der Waals surface area contributed by atoms with Gasteiger partial charge in [-0.05, 0) is 31.4 Å². The molecule has 0 fully saturated rings. The standard InChI is InChI=1S/C17H24O/c1-4-12-17(3)16(5-2)15(11-13-18-17)14-9-7-6-8-10-14/h6-11,13,15-16H,4-5,12H2,1-3H3/t15-,16+,17-/m1/s1. The van der Waals surface area contributed by atoms with E-state index in [1.165, 1.54) is 12.0 Å². The highest BCUT2D eigenvalue weighted by atomic mass is 16.5. The molecular formula is C17H24O. The van der Waals surface area contributed by atoms with Gasteiger partial charge in [0.25, 0.3) is 0 Å². The van der Waals surface area contributed by atoms with Gasteiger partial charge in [-0.1, -0.05) is 50.6 Å². The average molecular weight is 244 g/mol. The minimum Gasteiger partial charge on any atom is -0.495 e. The summed E-state index contributed by atoms with van der Waals surface area (Å²) >= 11 is 0. The van der Waals surface area contributed by atoms with E-state index in [0.717, 1.165) is 12.8 Å². The molecule has 0 N–H and O–H groups in total. The van der Waals surface area contributed by atoms with Crippen LogP contribution in [0.1, 0.15) is 51.5 Å². The van der Waals surface area contributed by atoms with Crippen LogP contribution in [0.3, 0.4) is 0 Å². The summed E-state index contributed by atoms with van der Waals surface area (Å²) in [5, 5.41) is 0. The van der Waals surface area contributed by atoms with E-state index in [0.29, 0.717) is 11.8 Å². The molecule has 18 heavy (non-hydrogen) atoms. The fourth-order valence-corrected chi connectivity index (χ4v) is 3.33. The van der Waals surface area contributed by atoms with Gasteiger partial charge in [-0.2, -0.15) is 0 Å². The van der Waals surface area contributed by atoms with Gasteiger partial charge in [0.2, 0.25) is 0 Å². The van der Waals surface area contributed by atoms with Gasteiger partial charge in [-0.25, -0.2) is 0 Å². The maximum Gasteiger partial charge on any atom is 0.109 e. The van der Waals surface area contributed by atoms with Crippen LogP contribution in [0.25, 0.3) is 0 Å². The SMILES string of the molecule is CCC[C@@]1(C)OC=C[C@H](c2ccccc2)[C@@H]1CC. The maximum atomic E-state index is 5.98. The molecule has 0 aliphatic carbocycles. The van der Waals surface area contributed by atoms with Crippen LogP contribution in [0.15, 0.2) is 42.7 Å². The van der Waals surface area contributed by atoms with Crippen LogP contribution in [-0.2, 0) is 4.74 Å². The molecule has 0 aromatic heterocycles. The van der Waals surface area contributed by atoms with E-state index in [9.17, 15) is 0 Å². The largest absolute Gasteiger partial charge is 0.495 e. The molecule has 3 atom stereocenters. The van der Waals surface area contributed by atoms with Gasteiger partial charge in [0.1, 0.15) is 5.60 Å². The first-order valence-corrected chi connectivity index (χ1v) is 7.10. The van der Waals surface area contributed by atoms with E-state index in [1.807, 2.05) is 6.26 Å². The minimum absolute atomic E-state index is 0.0151. The molecule has 0 radical (unpaired) electrons. The molecule has 2 rings (SSSR count). The second kappa shape index (κ2) is 5.60. The average Bonchev–Trinajstić information content (AvgIpc) is 2.39. The minimum atomic E-state index is -0.0151. The van der Waals surface area contributed by atoms with Crippen molar-refractivity contribution < 1.29 is 4.74 Å². The second-order valence-electron chi connectivity index (χ2n) is 5.46. The molecule has 1 aliphatic rings. The van der Waals surface area contributed by atoms with Crippen LogP contribution < -0.4 is 0 Å². The third kappa shape index (κ3) is 2.45. The lowest BCUT2D eigenvalue weighted by atomic mass is 9.71. The Bertz CT molecular complexity index is 395. The number of allylic oxidation sites excluding steroid dienone is 1. The summed E-state index contributed by atoms with van der Waals surface area (Å²) in [7, 11) is 0. The first-order chi connectivity index (χ1) is 8.71. The van der Waals surface area contributed by atoms with Crippen molar-refractivity contribution in [2.24, 2.45) is 5.92 Å². The fourth-order valence-electron chi connectivity index (χ4n) is 3.33. The third-order valence-corrected chi connectivity index (χ3v) is 4.21. The second-order valence-corrected chi connectivity index (χ2v) is 5.46. The molecule has 0 unspecified atom stereocenters. The Morgan fingerprint density at radius 1 is 1.17 bits per heavy atom.